The fourth-order valence-electron chi connectivity index (χ4n) is 1.07. The Morgan fingerprint density at radius 3 is 3.00 bits per heavy atom. The minimum absolute atomic E-state index is 0.129. The lowest BCUT2D eigenvalue weighted by atomic mass is 10.3. The van der Waals surface area contributed by atoms with Crippen LogP contribution in [0.15, 0.2) is 10.4 Å². The van der Waals surface area contributed by atoms with Gasteiger partial charge in [0.2, 0.25) is 0 Å². The number of nitrogens with two attached hydrogens (primary N) is 1. The molecule has 1 heterocycles. The number of aromatic nitrogens is 1. The molecule has 0 saturated carbocycles. The molecule has 0 amide bonds. The number of hydrogen-bond acceptors (Lipinski definition) is 3. The summed E-state index contributed by atoms with van der Waals surface area (Å²) in [5, 5.41) is 6.15. The van der Waals surface area contributed by atoms with Crippen molar-refractivity contribution < 1.29 is 0 Å². The second-order valence-corrected chi connectivity index (χ2v) is 3.94. The molecule has 0 bridgehead atoms. The predicted octanol–water partition coefficient (Wildman–Crippen LogP) is 1.44. The van der Waals surface area contributed by atoms with Gasteiger partial charge in [0.1, 0.15) is 5.01 Å². The molecule has 0 aliphatic rings. The molecule has 1 atom stereocenters. The Morgan fingerprint density at radius 2 is 2.50 bits per heavy atom. The topological polar surface area (TPSA) is 63.3 Å². The molecule has 14 heavy (non-hydrogen) atoms. The third kappa shape index (κ3) is 2.99. The molecular formula is C9H16N4S. The molecule has 0 fully saturated rings. The third-order valence-corrected chi connectivity index (χ3v) is 2.85. The van der Waals surface area contributed by atoms with Crippen molar-refractivity contribution in [1.29, 1.82) is 0 Å². The number of thiazole rings is 1. The first-order valence-electron chi connectivity index (χ1n) is 4.62. The molecule has 0 aromatic carbocycles. The first kappa shape index (κ1) is 11.0. The molecule has 0 aliphatic carbocycles. The van der Waals surface area contributed by atoms with E-state index in [-0.39, 0.29) is 6.04 Å². The fourth-order valence-corrected chi connectivity index (χ4v) is 1.87. The van der Waals surface area contributed by atoms with Gasteiger partial charge in [0.15, 0.2) is 5.96 Å². The van der Waals surface area contributed by atoms with E-state index in [1.807, 2.05) is 26.2 Å². The molecule has 0 saturated heterocycles. The monoisotopic (exact) mass is 212 g/mol. The second-order valence-electron chi connectivity index (χ2n) is 3.05. The van der Waals surface area contributed by atoms with E-state index in [9.17, 15) is 0 Å². The maximum Gasteiger partial charge on any atom is 0.189 e. The zero-order valence-corrected chi connectivity index (χ0v) is 9.56. The van der Waals surface area contributed by atoms with E-state index in [0.717, 1.165) is 10.7 Å². The summed E-state index contributed by atoms with van der Waals surface area (Å²) >= 11 is 1.63. The van der Waals surface area contributed by atoms with Gasteiger partial charge in [-0.05, 0) is 20.8 Å². The van der Waals surface area contributed by atoms with Crippen LogP contribution in [0.1, 0.15) is 30.6 Å². The van der Waals surface area contributed by atoms with Gasteiger partial charge in [-0.1, -0.05) is 0 Å². The summed E-state index contributed by atoms with van der Waals surface area (Å²) in [5.41, 5.74) is 6.69. The van der Waals surface area contributed by atoms with Crippen molar-refractivity contribution >= 4 is 17.3 Å². The van der Waals surface area contributed by atoms with Crippen molar-refractivity contribution in [3.05, 3.63) is 16.1 Å². The van der Waals surface area contributed by atoms with Gasteiger partial charge >= 0.3 is 0 Å². The molecule has 5 heteroatoms. The van der Waals surface area contributed by atoms with E-state index in [1.165, 1.54) is 0 Å². The van der Waals surface area contributed by atoms with Crippen molar-refractivity contribution in [1.82, 2.24) is 10.3 Å². The van der Waals surface area contributed by atoms with Crippen molar-refractivity contribution in [3.63, 3.8) is 0 Å². The maximum atomic E-state index is 5.65. The number of nitrogens with one attached hydrogen (secondary N) is 1. The van der Waals surface area contributed by atoms with Crippen molar-refractivity contribution in [2.75, 3.05) is 6.54 Å². The molecule has 0 spiro atoms. The van der Waals surface area contributed by atoms with Crippen LogP contribution in [-0.2, 0) is 0 Å². The average molecular weight is 212 g/mol. The summed E-state index contributed by atoms with van der Waals surface area (Å²) in [6, 6.07) is 0.129. The normalized spacial score (nSPS) is 14.1. The van der Waals surface area contributed by atoms with E-state index >= 15 is 0 Å². The maximum absolute atomic E-state index is 5.65. The molecule has 0 aliphatic heterocycles. The number of guanidine groups is 1. The molecule has 1 aromatic rings. The predicted molar refractivity (Wildman–Crippen MR) is 60.6 cm³/mol. The van der Waals surface area contributed by atoms with Crippen LogP contribution in [0.4, 0.5) is 0 Å². The van der Waals surface area contributed by atoms with Gasteiger partial charge in [0, 0.05) is 17.6 Å². The van der Waals surface area contributed by atoms with Crippen molar-refractivity contribution in [2.45, 2.75) is 26.8 Å². The Labute approximate surface area is 88.3 Å². The Balaban J connectivity index is 2.58. The third-order valence-electron chi connectivity index (χ3n) is 1.70. The fraction of sp³-hybridized carbons (Fsp3) is 0.556. The summed E-state index contributed by atoms with van der Waals surface area (Å²) in [4.78, 5) is 8.43. The first-order chi connectivity index (χ1) is 6.63. The van der Waals surface area contributed by atoms with Gasteiger partial charge in [0.25, 0.3) is 0 Å². The number of nitrogens with zero attached hydrogens (tertiary/aromatic N) is 2. The van der Waals surface area contributed by atoms with Gasteiger partial charge < -0.3 is 11.1 Å². The van der Waals surface area contributed by atoms with Crippen molar-refractivity contribution in [2.24, 2.45) is 10.7 Å². The molecule has 78 valence electrons. The quantitative estimate of drug-likeness (QED) is 0.588. The van der Waals surface area contributed by atoms with E-state index < -0.39 is 0 Å². The molecule has 4 nitrogen and oxygen atoms in total. The lowest BCUT2D eigenvalue weighted by Gasteiger charge is -2.11. The summed E-state index contributed by atoms with van der Waals surface area (Å²) < 4.78 is 0. The largest absolute Gasteiger partial charge is 0.370 e. The molecule has 1 rings (SSSR count). The van der Waals surface area contributed by atoms with Crippen LogP contribution in [0.3, 0.4) is 0 Å². The van der Waals surface area contributed by atoms with E-state index in [4.69, 9.17) is 5.73 Å². The lowest BCUT2D eigenvalue weighted by molar-refractivity contribution is 0.700. The van der Waals surface area contributed by atoms with Crippen molar-refractivity contribution in [3.8, 4) is 0 Å². The Bertz CT molecular complexity index is 318. The minimum Gasteiger partial charge on any atom is -0.370 e. The number of aliphatic imine (C=N–C) groups is 1. The average Bonchev–Trinajstić information content (AvgIpc) is 2.52. The van der Waals surface area contributed by atoms with Crippen LogP contribution < -0.4 is 11.1 Å². The highest BCUT2D eigenvalue weighted by Crippen LogP contribution is 2.16. The van der Waals surface area contributed by atoms with Gasteiger partial charge in [-0.3, -0.25) is 4.99 Å². The highest BCUT2D eigenvalue weighted by molar-refractivity contribution is 7.09. The van der Waals surface area contributed by atoms with Crippen LogP contribution in [0, 0.1) is 6.92 Å². The summed E-state index contributed by atoms with van der Waals surface area (Å²) in [6.45, 7) is 6.65. The molecular weight excluding hydrogens is 196 g/mol. The molecule has 3 N–H and O–H groups in total. The lowest BCUT2D eigenvalue weighted by Crippen LogP contribution is -2.33. The number of rotatable bonds is 3. The van der Waals surface area contributed by atoms with Gasteiger partial charge in [0.05, 0.1) is 6.04 Å². The zero-order valence-electron chi connectivity index (χ0n) is 8.74. The summed E-state index contributed by atoms with van der Waals surface area (Å²) in [7, 11) is 0. The van der Waals surface area contributed by atoms with E-state index in [2.05, 4.69) is 15.3 Å². The molecule has 0 radical (unpaired) electrons. The number of hydrogen-bond donors (Lipinski definition) is 2. The standard InChI is InChI=1S/C9H16N4S/c1-4-11-9(10)13-7(3)8-12-6(2)5-14-8/h5,7H,4H2,1-3H3,(H3,10,11,13). The van der Waals surface area contributed by atoms with E-state index in [1.54, 1.807) is 11.3 Å². The first-order valence-corrected chi connectivity index (χ1v) is 5.50. The molecule has 1 unspecified atom stereocenters. The van der Waals surface area contributed by atoms with Crippen LogP contribution in [-0.4, -0.2) is 17.5 Å². The minimum atomic E-state index is 0.129. The Hall–Kier alpha value is -1.10. The second kappa shape index (κ2) is 4.95. The summed E-state index contributed by atoms with van der Waals surface area (Å²) in [5.74, 6) is 0.479. The number of aryl methyl sites for hydroxylation is 1. The highest BCUT2D eigenvalue weighted by atomic mass is 32.1. The molecule has 1 aromatic heterocycles. The van der Waals surface area contributed by atoms with Crippen LogP contribution in [0.2, 0.25) is 0 Å². The van der Waals surface area contributed by atoms with Crippen LogP contribution >= 0.6 is 11.3 Å². The Kier molecular flexibility index (Phi) is 3.88. The van der Waals surface area contributed by atoms with Crippen LogP contribution in [0.25, 0.3) is 0 Å². The Morgan fingerprint density at radius 1 is 1.79 bits per heavy atom. The zero-order chi connectivity index (χ0) is 10.6. The highest BCUT2D eigenvalue weighted by Gasteiger charge is 2.09. The summed E-state index contributed by atoms with van der Waals surface area (Å²) in [6.07, 6.45) is 0. The smallest absolute Gasteiger partial charge is 0.189 e. The van der Waals surface area contributed by atoms with Gasteiger partial charge in [-0.25, -0.2) is 4.98 Å². The SMILES string of the molecule is CCN=C(N)NC(C)c1nc(C)cs1. The van der Waals surface area contributed by atoms with Gasteiger partial charge in [-0.15, -0.1) is 11.3 Å². The van der Waals surface area contributed by atoms with E-state index in [0.29, 0.717) is 12.5 Å². The van der Waals surface area contributed by atoms with Crippen LogP contribution in [0.5, 0.6) is 0 Å². The van der Waals surface area contributed by atoms with Gasteiger partial charge in [-0.2, -0.15) is 0 Å².